The van der Waals surface area contributed by atoms with E-state index in [2.05, 4.69) is 15.5 Å². The van der Waals surface area contributed by atoms with Crippen molar-refractivity contribution in [3.05, 3.63) is 54.6 Å². The van der Waals surface area contributed by atoms with Crippen LogP contribution in [0.25, 0.3) is 11.1 Å². The van der Waals surface area contributed by atoms with Crippen LogP contribution in [0.1, 0.15) is 19.3 Å². The van der Waals surface area contributed by atoms with Crippen molar-refractivity contribution in [1.82, 2.24) is 10.2 Å². The Morgan fingerprint density at radius 2 is 1.67 bits per heavy atom. The molecule has 2 aromatic rings. The zero-order valence-electron chi connectivity index (χ0n) is 15.8. The number of para-hydroxylation sites is 1. The largest absolute Gasteiger partial charge is 0.359 e. The zero-order valence-corrected chi connectivity index (χ0v) is 15.8. The van der Waals surface area contributed by atoms with Crippen LogP contribution in [0.2, 0.25) is 0 Å². The predicted octanol–water partition coefficient (Wildman–Crippen LogP) is 3.14. The number of benzene rings is 2. The summed E-state index contributed by atoms with van der Waals surface area (Å²) in [4.78, 5) is 26.4. The second-order valence-electron chi connectivity index (χ2n) is 6.94. The molecule has 2 amide bonds. The molecule has 2 N–H and O–H groups in total. The van der Waals surface area contributed by atoms with Crippen molar-refractivity contribution < 1.29 is 9.59 Å². The highest BCUT2D eigenvalue weighted by Gasteiger charge is 2.24. The Labute approximate surface area is 160 Å². The molecule has 27 heavy (non-hydrogen) atoms. The summed E-state index contributed by atoms with van der Waals surface area (Å²) in [5.41, 5.74) is 2.95. The third-order valence-corrected chi connectivity index (χ3v) is 5.15. The van der Waals surface area contributed by atoms with Gasteiger partial charge in [-0.1, -0.05) is 48.5 Å². The van der Waals surface area contributed by atoms with E-state index in [1.807, 2.05) is 54.6 Å². The second-order valence-corrected chi connectivity index (χ2v) is 6.94. The number of nitrogens with zero attached hydrogens (tertiary/aromatic N) is 1. The van der Waals surface area contributed by atoms with Crippen LogP contribution in [-0.4, -0.2) is 43.4 Å². The van der Waals surface area contributed by atoms with Gasteiger partial charge in [0.25, 0.3) is 0 Å². The lowest BCUT2D eigenvalue weighted by atomic mass is 9.96. The first-order valence-corrected chi connectivity index (χ1v) is 9.55. The van der Waals surface area contributed by atoms with Crippen molar-refractivity contribution in [3.63, 3.8) is 0 Å². The van der Waals surface area contributed by atoms with Crippen LogP contribution in [0.3, 0.4) is 0 Å². The van der Waals surface area contributed by atoms with Crippen LogP contribution in [-0.2, 0) is 9.59 Å². The predicted molar refractivity (Wildman–Crippen MR) is 108 cm³/mol. The van der Waals surface area contributed by atoms with Crippen molar-refractivity contribution in [2.24, 2.45) is 5.92 Å². The lowest BCUT2D eigenvalue weighted by Crippen LogP contribution is -2.40. The maximum Gasteiger partial charge on any atom is 0.225 e. The lowest BCUT2D eigenvalue weighted by molar-refractivity contribution is -0.126. The van der Waals surface area contributed by atoms with E-state index in [0.29, 0.717) is 6.42 Å². The summed E-state index contributed by atoms with van der Waals surface area (Å²) in [6, 6.07) is 17.9. The molecule has 0 saturated carbocycles. The minimum Gasteiger partial charge on any atom is -0.359 e. The number of hydrogen-bond donors (Lipinski definition) is 2. The molecular weight excluding hydrogens is 338 g/mol. The molecule has 0 aliphatic carbocycles. The van der Waals surface area contributed by atoms with Gasteiger partial charge in [-0.15, -0.1) is 0 Å². The molecule has 142 valence electrons. The van der Waals surface area contributed by atoms with Crippen molar-refractivity contribution in [1.29, 1.82) is 0 Å². The van der Waals surface area contributed by atoms with Crippen LogP contribution in [0.4, 0.5) is 5.69 Å². The summed E-state index contributed by atoms with van der Waals surface area (Å²) in [6.45, 7) is 2.46. The highest BCUT2D eigenvalue weighted by atomic mass is 16.2. The molecule has 5 nitrogen and oxygen atoms in total. The first-order chi connectivity index (χ1) is 13.2. The molecule has 1 aliphatic heterocycles. The Balaban J connectivity index is 1.52. The molecule has 1 saturated heterocycles. The molecule has 0 aromatic heterocycles. The van der Waals surface area contributed by atoms with Crippen LogP contribution in [0, 0.1) is 5.92 Å². The molecule has 0 bridgehead atoms. The number of rotatable bonds is 6. The van der Waals surface area contributed by atoms with Crippen molar-refractivity contribution in [3.8, 4) is 11.1 Å². The Morgan fingerprint density at radius 1 is 1.00 bits per heavy atom. The number of carbonyl (C=O) groups excluding carboxylic acids is 2. The maximum atomic E-state index is 12.5. The fraction of sp³-hybridized carbons (Fsp3) is 0.364. The number of likely N-dealkylation sites (tertiary alicyclic amines) is 1. The molecule has 0 atom stereocenters. The zero-order chi connectivity index (χ0) is 19.1. The van der Waals surface area contributed by atoms with E-state index in [0.717, 1.165) is 49.3 Å². The van der Waals surface area contributed by atoms with Gasteiger partial charge >= 0.3 is 0 Å². The SMILES string of the molecule is CNC(=O)C1CCN(CCC(=O)Nc2ccccc2-c2ccccc2)CC1. The average Bonchev–Trinajstić information content (AvgIpc) is 2.73. The number of hydrogen-bond acceptors (Lipinski definition) is 3. The van der Waals surface area contributed by atoms with Gasteiger partial charge < -0.3 is 15.5 Å². The molecule has 0 spiro atoms. The van der Waals surface area contributed by atoms with Crippen LogP contribution in [0.15, 0.2) is 54.6 Å². The summed E-state index contributed by atoms with van der Waals surface area (Å²) < 4.78 is 0. The molecule has 1 aliphatic rings. The fourth-order valence-electron chi connectivity index (χ4n) is 3.56. The van der Waals surface area contributed by atoms with Crippen LogP contribution in [0.5, 0.6) is 0 Å². The summed E-state index contributed by atoms with van der Waals surface area (Å²) in [6.07, 6.45) is 2.17. The van der Waals surface area contributed by atoms with Gasteiger partial charge in [0.1, 0.15) is 0 Å². The summed E-state index contributed by atoms with van der Waals surface area (Å²) in [7, 11) is 1.69. The van der Waals surface area contributed by atoms with Gasteiger partial charge in [0, 0.05) is 37.2 Å². The molecule has 2 aromatic carbocycles. The minimum atomic E-state index is 0.0202. The van der Waals surface area contributed by atoms with Gasteiger partial charge in [-0.3, -0.25) is 9.59 Å². The highest BCUT2D eigenvalue weighted by Crippen LogP contribution is 2.27. The van der Waals surface area contributed by atoms with Crippen molar-refractivity contribution in [2.75, 3.05) is 32.0 Å². The van der Waals surface area contributed by atoms with Crippen LogP contribution >= 0.6 is 0 Å². The normalized spacial score (nSPS) is 15.3. The van der Waals surface area contributed by atoms with Gasteiger partial charge in [-0.05, 0) is 37.6 Å². The van der Waals surface area contributed by atoms with E-state index in [1.165, 1.54) is 0 Å². The van der Waals surface area contributed by atoms with E-state index in [1.54, 1.807) is 7.05 Å². The molecule has 1 heterocycles. The Hall–Kier alpha value is -2.66. The van der Waals surface area contributed by atoms with E-state index in [4.69, 9.17) is 0 Å². The van der Waals surface area contributed by atoms with E-state index >= 15 is 0 Å². The summed E-state index contributed by atoms with van der Waals surface area (Å²) in [5, 5.41) is 5.78. The van der Waals surface area contributed by atoms with E-state index in [-0.39, 0.29) is 17.7 Å². The monoisotopic (exact) mass is 365 g/mol. The second kappa shape index (κ2) is 9.33. The maximum absolute atomic E-state index is 12.5. The van der Waals surface area contributed by atoms with Gasteiger partial charge in [-0.2, -0.15) is 0 Å². The van der Waals surface area contributed by atoms with Crippen molar-refractivity contribution in [2.45, 2.75) is 19.3 Å². The molecule has 0 unspecified atom stereocenters. The number of amides is 2. The summed E-state index contributed by atoms with van der Waals surface area (Å²) in [5.74, 6) is 0.259. The molecule has 3 rings (SSSR count). The van der Waals surface area contributed by atoms with Crippen LogP contribution < -0.4 is 10.6 Å². The third kappa shape index (κ3) is 5.17. The Kier molecular flexibility index (Phi) is 6.60. The van der Waals surface area contributed by atoms with E-state index in [9.17, 15) is 9.59 Å². The standard InChI is InChI=1S/C22H27N3O2/c1-23-22(27)18-11-14-25(15-12-18)16-13-21(26)24-20-10-6-5-9-19(20)17-7-3-2-4-8-17/h2-10,18H,11-16H2,1H3,(H,23,27)(H,24,26). The first kappa shape index (κ1) is 19.1. The number of piperidine rings is 1. The highest BCUT2D eigenvalue weighted by molar-refractivity contribution is 5.95. The average molecular weight is 365 g/mol. The topological polar surface area (TPSA) is 61.4 Å². The minimum absolute atomic E-state index is 0.0202. The Bertz CT molecular complexity index is 768. The number of anilines is 1. The number of carbonyl (C=O) groups is 2. The van der Waals surface area contributed by atoms with Gasteiger partial charge in [0.2, 0.25) is 11.8 Å². The van der Waals surface area contributed by atoms with E-state index < -0.39 is 0 Å². The number of nitrogens with one attached hydrogen (secondary N) is 2. The molecule has 1 fully saturated rings. The first-order valence-electron chi connectivity index (χ1n) is 9.55. The molecule has 0 radical (unpaired) electrons. The fourth-order valence-corrected chi connectivity index (χ4v) is 3.56. The third-order valence-electron chi connectivity index (χ3n) is 5.15. The van der Waals surface area contributed by atoms with Gasteiger partial charge in [0.15, 0.2) is 0 Å². The quantitative estimate of drug-likeness (QED) is 0.827. The lowest BCUT2D eigenvalue weighted by Gasteiger charge is -2.30. The smallest absolute Gasteiger partial charge is 0.225 e. The Morgan fingerprint density at radius 3 is 2.37 bits per heavy atom. The van der Waals surface area contributed by atoms with Crippen molar-refractivity contribution >= 4 is 17.5 Å². The van der Waals surface area contributed by atoms with Gasteiger partial charge in [0.05, 0.1) is 0 Å². The summed E-state index contributed by atoms with van der Waals surface area (Å²) >= 11 is 0. The molecule has 5 heteroatoms. The van der Waals surface area contributed by atoms with Gasteiger partial charge in [-0.25, -0.2) is 0 Å². The molecular formula is C22H27N3O2.